The van der Waals surface area contributed by atoms with Crippen LogP contribution in [0.4, 0.5) is 0 Å². The van der Waals surface area contributed by atoms with Crippen molar-refractivity contribution in [3.63, 3.8) is 0 Å². The van der Waals surface area contributed by atoms with Crippen molar-refractivity contribution in [3.05, 3.63) is 40.9 Å². The van der Waals surface area contributed by atoms with Crippen LogP contribution in [0.15, 0.2) is 30.3 Å². The highest BCUT2D eigenvalue weighted by molar-refractivity contribution is 7.85. The average molecular weight is 374 g/mol. The molecular weight excluding hydrogens is 354 g/mol. The lowest BCUT2D eigenvalue weighted by atomic mass is 10.0. The minimum absolute atomic E-state index is 0.0131. The summed E-state index contributed by atoms with van der Waals surface area (Å²) in [5.41, 5.74) is 1.17. The van der Waals surface area contributed by atoms with Crippen LogP contribution in [0, 0.1) is 0 Å². The summed E-state index contributed by atoms with van der Waals surface area (Å²) in [6, 6.07) is 9.91. The summed E-state index contributed by atoms with van der Waals surface area (Å²) in [6.07, 6.45) is 1.49. The highest BCUT2D eigenvalue weighted by Crippen LogP contribution is 2.31. The van der Waals surface area contributed by atoms with Crippen LogP contribution in [0.25, 0.3) is 10.8 Å². The predicted octanol–water partition coefficient (Wildman–Crippen LogP) is 2.68. The van der Waals surface area contributed by atoms with E-state index in [1.807, 2.05) is 24.3 Å². The Balaban J connectivity index is 0.000000505. The standard InChI is InChI=1S/C15H16ClNO2.CH4O3S/c1-10(18)17-7-6-11-4-3-5-12-8-14(16)15(19-2)9-13(11)12;1-5(2,3)4/h3-5,8-9H,6-7H2,1-2H3,(H,17,18);1H3,(H,2,3,4). The maximum Gasteiger partial charge on any atom is 0.261 e. The molecule has 0 unspecified atom stereocenters. The van der Waals surface area contributed by atoms with Crippen LogP contribution < -0.4 is 10.1 Å². The second-order valence-corrected chi connectivity index (χ2v) is 6.96. The van der Waals surface area contributed by atoms with Crippen LogP contribution in [0.2, 0.25) is 5.02 Å². The van der Waals surface area contributed by atoms with Gasteiger partial charge in [-0.1, -0.05) is 29.8 Å². The van der Waals surface area contributed by atoms with Gasteiger partial charge in [-0.05, 0) is 34.9 Å². The van der Waals surface area contributed by atoms with Crippen LogP contribution in [0.5, 0.6) is 5.75 Å². The summed E-state index contributed by atoms with van der Waals surface area (Å²) in [7, 11) is -2.06. The van der Waals surface area contributed by atoms with Gasteiger partial charge in [0.05, 0.1) is 18.4 Å². The summed E-state index contributed by atoms with van der Waals surface area (Å²) in [5, 5.41) is 5.59. The zero-order valence-electron chi connectivity index (χ0n) is 13.7. The number of carbonyl (C=O) groups excluding carboxylic acids is 1. The fourth-order valence-corrected chi connectivity index (χ4v) is 2.34. The Morgan fingerprint density at radius 3 is 2.50 bits per heavy atom. The number of carbonyl (C=O) groups is 1. The van der Waals surface area contributed by atoms with E-state index in [1.54, 1.807) is 7.11 Å². The first-order chi connectivity index (χ1) is 11.1. The van der Waals surface area contributed by atoms with Crippen molar-refractivity contribution in [2.45, 2.75) is 13.3 Å². The summed E-state index contributed by atoms with van der Waals surface area (Å²) in [6.45, 7) is 2.14. The minimum atomic E-state index is -3.67. The molecule has 2 aromatic carbocycles. The van der Waals surface area contributed by atoms with E-state index in [0.717, 1.165) is 17.2 Å². The Hall–Kier alpha value is -1.83. The fraction of sp³-hybridized carbons (Fsp3) is 0.312. The van der Waals surface area contributed by atoms with E-state index in [-0.39, 0.29) is 5.91 Å². The molecule has 2 aromatic rings. The summed E-state index contributed by atoms with van der Waals surface area (Å²) < 4.78 is 31.1. The maximum atomic E-state index is 10.9. The van der Waals surface area contributed by atoms with Crippen molar-refractivity contribution in [1.82, 2.24) is 5.32 Å². The number of fused-ring (bicyclic) bond motifs is 1. The number of ether oxygens (including phenoxy) is 1. The van der Waals surface area contributed by atoms with E-state index in [4.69, 9.17) is 20.9 Å². The van der Waals surface area contributed by atoms with Crippen LogP contribution >= 0.6 is 11.6 Å². The Morgan fingerprint density at radius 2 is 1.96 bits per heavy atom. The highest BCUT2D eigenvalue weighted by Gasteiger charge is 2.07. The largest absolute Gasteiger partial charge is 0.495 e. The van der Waals surface area contributed by atoms with Crippen molar-refractivity contribution in [3.8, 4) is 5.75 Å². The molecule has 0 aliphatic rings. The molecule has 0 aliphatic carbocycles. The van der Waals surface area contributed by atoms with Crippen LogP contribution in [-0.2, 0) is 21.3 Å². The number of benzene rings is 2. The molecule has 24 heavy (non-hydrogen) atoms. The molecule has 0 aliphatic heterocycles. The van der Waals surface area contributed by atoms with Gasteiger partial charge < -0.3 is 10.1 Å². The van der Waals surface area contributed by atoms with Crippen molar-refractivity contribution < 1.29 is 22.5 Å². The van der Waals surface area contributed by atoms with E-state index >= 15 is 0 Å². The third-order valence-corrected chi connectivity index (χ3v) is 3.31. The van der Waals surface area contributed by atoms with Gasteiger partial charge in [0.15, 0.2) is 0 Å². The van der Waals surface area contributed by atoms with Gasteiger partial charge in [0.2, 0.25) is 5.91 Å². The first-order valence-corrected chi connectivity index (χ1v) is 9.26. The molecular formula is C16H20ClNO5S. The fourth-order valence-electron chi connectivity index (χ4n) is 2.09. The summed E-state index contributed by atoms with van der Waals surface area (Å²) in [4.78, 5) is 10.9. The van der Waals surface area contributed by atoms with Crippen molar-refractivity contribution in [2.24, 2.45) is 0 Å². The molecule has 1 amide bonds. The lowest BCUT2D eigenvalue weighted by molar-refractivity contribution is -0.118. The normalized spacial score (nSPS) is 10.7. The number of hydrogen-bond acceptors (Lipinski definition) is 4. The number of hydrogen-bond donors (Lipinski definition) is 2. The smallest absolute Gasteiger partial charge is 0.261 e. The molecule has 0 bridgehead atoms. The van der Waals surface area contributed by atoms with Crippen LogP contribution in [0.3, 0.4) is 0 Å². The van der Waals surface area contributed by atoms with Gasteiger partial charge in [0.25, 0.3) is 10.1 Å². The van der Waals surface area contributed by atoms with Gasteiger partial charge >= 0.3 is 0 Å². The second-order valence-electron chi connectivity index (χ2n) is 5.09. The van der Waals surface area contributed by atoms with Gasteiger partial charge in [-0.25, -0.2) is 0 Å². The van der Waals surface area contributed by atoms with E-state index in [1.165, 1.54) is 12.5 Å². The number of rotatable bonds is 4. The van der Waals surface area contributed by atoms with Crippen molar-refractivity contribution in [2.75, 3.05) is 19.9 Å². The molecule has 2 N–H and O–H groups in total. The molecule has 132 valence electrons. The number of methoxy groups -OCH3 is 1. The Morgan fingerprint density at radius 1 is 1.33 bits per heavy atom. The van der Waals surface area contributed by atoms with E-state index < -0.39 is 10.1 Å². The lowest BCUT2D eigenvalue weighted by Gasteiger charge is -2.10. The molecule has 0 fully saturated rings. The van der Waals surface area contributed by atoms with Gasteiger partial charge in [-0.15, -0.1) is 0 Å². The third-order valence-electron chi connectivity index (χ3n) is 3.01. The molecule has 6 nitrogen and oxygen atoms in total. The predicted molar refractivity (Wildman–Crippen MR) is 95.4 cm³/mol. The number of amides is 1. The third kappa shape index (κ3) is 7.16. The molecule has 0 radical (unpaired) electrons. The van der Waals surface area contributed by atoms with Crippen LogP contribution in [0.1, 0.15) is 12.5 Å². The molecule has 2 rings (SSSR count). The summed E-state index contributed by atoms with van der Waals surface area (Å²) in [5.74, 6) is 0.655. The van der Waals surface area contributed by atoms with Crippen LogP contribution in [-0.4, -0.2) is 38.8 Å². The Bertz CT molecular complexity index is 813. The Kier molecular flexibility index (Phi) is 7.47. The topological polar surface area (TPSA) is 92.7 Å². The molecule has 0 aromatic heterocycles. The molecule has 0 spiro atoms. The summed E-state index contributed by atoms with van der Waals surface area (Å²) >= 11 is 6.12. The molecule has 0 atom stereocenters. The molecule has 0 saturated heterocycles. The van der Waals surface area contributed by atoms with Gasteiger partial charge in [0.1, 0.15) is 5.75 Å². The lowest BCUT2D eigenvalue weighted by Crippen LogP contribution is -2.22. The highest BCUT2D eigenvalue weighted by atomic mass is 35.5. The first kappa shape index (κ1) is 20.2. The quantitative estimate of drug-likeness (QED) is 0.804. The van der Waals surface area contributed by atoms with Crippen molar-refractivity contribution in [1.29, 1.82) is 0 Å². The van der Waals surface area contributed by atoms with Crippen molar-refractivity contribution >= 4 is 38.4 Å². The first-order valence-electron chi connectivity index (χ1n) is 7.04. The zero-order chi connectivity index (χ0) is 18.3. The minimum Gasteiger partial charge on any atom is -0.495 e. The van der Waals surface area contributed by atoms with E-state index in [0.29, 0.717) is 23.6 Å². The van der Waals surface area contributed by atoms with Gasteiger partial charge in [-0.2, -0.15) is 8.42 Å². The van der Waals surface area contributed by atoms with Gasteiger partial charge in [-0.3, -0.25) is 9.35 Å². The van der Waals surface area contributed by atoms with Gasteiger partial charge in [0, 0.05) is 13.5 Å². The second kappa shape index (κ2) is 8.86. The maximum absolute atomic E-state index is 10.9. The molecule has 8 heteroatoms. The number of halogens is 1. The van der Waals surface area contributed by atoms with E-state index in [9.17, 15) is 13.2 Å². The monoisotopic (exact) mass is 373 g/mol. The Labute approximate surface area is 146 Å². The zero-order valence-corrected chi connectivity index (χ0v) is 15.2. The SMILES string of the molecule is COc1cc2c(CCNC(C)=O)cccc2cc1Cl.CS(=O)(=O)O. The average Bonchev–Trinajstić information content (AvgIpc) is 2.44. The molecule has 0 saturated carbocycles. The molecule has 0 heterocycles. The number of nitrogens with one attached hydrogen (secondary N) is 1. The van der Waals surface area contributed by atoms with E-state index in [2.05, 4.69) is 11.4 Å².